The number of nitrogens with one attached hydrogen (secondary N) is 1. The molecular weight excluding hydrogens is 350 g/mol. The number of amides is 3. The molecule has 1 aromatic rings. The van der Waals surface area contributed by atoms with Gasteiger partial charge in [-0.25, -0.2) is 4.79 Å². The van der Waals surface area contributed by atoms with Crippen molar-refractivity contribution in [2.45, 2.75) is 43.9 Å². The molecule has 1 N–H and O–H groups in total. The van der Waals surface area contributed by atoms with Gasteiger partial charge in [0, 0.05) is 25.7 Å². The Bertz CT molecular complexity index is 642. The summed E-state index contributed by atoms with van der Waals surface area (Å²) in [5.41, 5.74) is 0.778. The Labute approximate surface area is 160 Å². The van der Waals surface area contributed by atoms with E-state index in [0.717, 1.165) is 11.3 Å². The van der Waals surface area contributed by atoms with Crippen molar-refractivity contribution in [2.24, 2.45) is 0 Å². The maximum Gasteiger partial charge on any atom is 0.317 e. The maximum atomic E-state index is 12.6. The Balaban J connectivity index is 2.04. The summed E-state index contributed by atoms with van der Waals surface area (Å²) in [4.78, 5) is 28.3. The minimum Gasteiger partial charge on any atom is -0.497 e. The van der Waals surface area contributed by atoms with Crippen LogP contribution in [-0.2, 0) is 4.79 Å². The molecular formula is C19H29N3O3S. The number of carbonyl (C=O) groups excluding carboxylic acids is 2. The Kier molecular flexibility index (Phi) is 6.44. The lowest BCUT2D eigenvalue weighted by Gasteiger charge is -2.29. The Hall–Kier alpha value is -1.89. The number of benzene rings is 1. The Morgan fingerprint density at radius 2 is 1.92 bits per heavy atom. The second kappa shape index (κ2) is 8.20. The first-order chi connectivity index (χ1) is 12.1. The fourth-order valence-electron chi connectivity index (χ4n) is 2.70. The van der Waals surface area contributed by atoms with E-state index in [1.54, 1.807) is 30.8 Å². The van der Waals surface area contributed by atoms with Crippen LogP contribution in [0.2, 0.25) is 0 Å². The van der Waals surface area contributed by atoms with E-state index < -0.39 is 0 Å². The fraction of sp³-hybridized carbons (Fsp3) is 0.579. The van der Waals surface area contributed by atoms with Gasteiger partial charge in [-0.3, -0.25) is 4.79 Å². The monoisotopic (exact) mass is 379 g/mol. The molecule has 1 aliphatic rings. The van der Waals surface area contributed by atoms with Crippen molar-refractivity contribution in [1.82, 2.24) is 15.1 Å². The van der Waals surface area contributed by atoms with Crippen molar-refractivity contribution in [3.05, 3.63) is 29.8 Å². The zero-order valence-electron chi connectivity index (χ0n) is 16.4. The summed E-state index contributed by atoms with van der Waals surface area (Å²) in [5, 5.41) is 2.81. The van der Waals surface area contributed by atoms with Crippen molar-refractivity contribution in [2.75, 3.05) is 27.2 Å². The van der Waals surface area contributed by atoms with Gasteiger partial charge in [0.15, 0.2) is 0 Å². The topological polar surface area (TPSA) is 61.9 Å². The minimum atomic E-state index is -0.287. The molecule has 0 radical (unpaired) electrons. The number of likely N-dealkylation sites (N-methyl/N-ethyl adjacent to an activating group) is 1. The van der Waals surface area contributed by atoms with Gasteiger partial charge in [-0.2, -0.15) is 0 Å². The third-order valence-corrected chi connectivity index (χ3v) is 5.55. The van der Waals surface area contributed by atoms with Gasteiger partial charge in [-0.15, -0.1) is 11.8 Å². The van der Waals surface area contributed by atoms with Crippen LogP contribution in [0.5, 0.6) is 5.75 Å². The van der Waals surface area contributed by atoms with Crippen LogP contribution in [0.25, 0.3) is 0 Å². The molecule has 7 heteroatoms. The molecule has 1 aliphatic heterocycles. The highest BCUT2D eigenvalue weighted by atomic mass is 32.2. The van der Waals surface area contributed by atoms with Crippen LogP contribution in [0.4, 0.5) is 4.79 Å². The number of thioether (sulfide) groups is 1. The molecule has 0 saturated carbocycles. The minimum absolute atomic E-state index is 0.0394. The standard InChI is InChI=1S/C19H29N3O3S/c1-13-16(23)22(12-11-21(5)18(24)20-19(2,3)4)17(26-13)14-7-9-15(25-6)10-8-14/h7-10,13,17H,11-12H2,1-6H3,(H,20,24). The van der Waals surface area contributed by atoms with Gasteiger partial charge in [0.2, 0.25) is 5.91 Å². The number of methoxy groups -OCH3 is 1. The first kappa shape index (κ1) is 20.4. The van der Waals surface area contributed by atoms with Gasteiger partial charge >= 0.3 is 6.03 Å². The second-order valence-electron chi connectivity index (χ2n) is 7.54. The van der Waals surface area contributed by atoms with E-state index in [1.165, 1.54) is 0 Å². The largest absolute Gasteiger partial charge is 0.497 e. The number of ether oxygens (including phenoxy) is 1. The molecule has 2 rings (SSSR count). The molecule has 0 aromatic heterocycles. The second-order valence-corrected chi connectivity index (χ2v) is 8.96. The van der Waals surface area contributed by atoms with Crippen LogP contribution in [0.1, 0.15) is 38.6 Å². The van der Waals surface area contributed by atoms with Gasteiger partial charge in [-0.1, -0.05) is 12.1 Å². The highest BCUT2D eigenvalue weighted by Crippen LogP contribution is 2.42. The molecule has 6 nitrogen and oxygen atoms in total. The number of hydrogen-bond acceptors (Lipinski definition) is 4. The van der Waals surface area contributed by atoms with E-state index in [1.807, 2.05) is 56.9 Å². The smallest absolute Gasteiger partial charge is 0.317 e. The number of carbonyl (C=O) groups is 2. The predicted molar refractivity (Wildman–Crippen MR) is 105 cm³/mol. The number of rotatable bonds is 5. The quantitative estimate of drug-likeness (QED) is 0.854. The van der Waals surface area contributed by atoms with E-state index in [0.29, 0.717) is 13.1 Å². The maximum absolute atomic E-state index is 12.6. The highest BCUT2D eigenvalue weighted by Gasteiger charge is 2.38. The zero-order valence-corrected chi connectivity index (χ0v) is 17.2. The SMILES string of the molecule is COc1ccc(C2SC(C)C(=O)N2CCN(C)C(=O)NC(C)(C)C)cc1. The molecule has 1 saturated heterocycles. The predicted octanol–water partition coefficient (Wildman–Crippen LogP) is 3.10. The van der Waals surface area contributed by atoms with E-state index in [4.69, 9.17) is 4.74 Å². The molecule has 1 fully saturated rings. The van der Waals surface area contributed by atoms with Crippen LogP contribution in [0, 0.1) is 0 Å². The summed E-state index contributed by atoms with van der Waals surface area (Å²) in [6.07, 6.45) is 0. The molecule has 2 unspecified atom stereocenters. The van der Waals surface area contributed by atoms with Crippen molar-refractivity contribution >= 4 is 23.7 Å². The van der Waals surface area contributed by atoms with Crippen molar-refractivity contribution in [3.8, 4) is 5.75 Å². The first-order valence-electron chi connectivity index (χ1n) is 8.75. The average molecular weight is 380 g/mol. The van der Waals surface area contributed by atoms with Crippen LogP contribution in [0.3, 0.4) is 0 Å². The van der Waals surface area contributed by atoms with Crippen LogP contribution in [-0.4, -0.2) is 59.8 Å². The molecule has 0 spiro atoms. The lowest BCUT2D eigenvalue weighted by Crippen LogP contribution is -2.49. The lowest BCUT2D eigenvalue weighted by molar-refractivity contribution is -0.129. The van der Waals surface area contributed by atoms with Crippen LogP contribution in [0.15, 0.2) is 24.3 Å². The van der Waals surface area contributed by atoms with E-state index in [-0.39, 0.29) is 28.1 Å². The molecule has 2 atom stereocenters. The Morgan fingerprint density at radius 1 is 1.31 bits per heavy atom. The first-order valence-corrected chi connectivity index (χ1v) is 9.70. The van der Waals surface area contributed by atoms with Gasteiger partial charge in [0.25, 0.3) is 0 Å². The normalized spacial score (nSPS) is 20.2. The summed E-state index contributed by atoms with van der Waals surface area (Å²) in [7, 11) is 3.39. The third kappa shape index (κ3) is 5.06. The zero-order chi connectivity index (χ0) is 19.5. The van der Waals surface area contributed by atoms with Gasteiger partial charge in [0.05, 0.1) is 12.4 Å². The molecule has 0 aliphatic carbocycles. The van der Waals surface area contributed by atoms with Gasteiger partial charge in [0.1, 0.15) is 11.1 Å². The van der Waals surface area contributed by atoms with Crippen molar-refractivity contribution in [1.29, 1.82) is 0 Å². The lowest BCUT2D eigenvalue weighted by atomic mass is 10.1. The Morgan fingerprint density at radius 3 is 2.46 bits per heavy atom. The fourth-order valence-corrected chi connectivity index (χ4v) is 4.01. The molecule has 0 bridgehead atoms. The number of urea groups is 1. The third-order valence-electron chi connectivity index (χ3n) is 4.15. The van der Waals surface area contributed by atoms with Crippen molar-refractivity contribution in [3.63, 3.8) is 0 Å². The van der Waals surface area contributed by atoms with E-state index >= 15 is 0 Å². The van der Waals surface area contributed by atoms with E-state index in [2.05, 4.69) is 5.32 Å². The number of nitrogens with zero attached hydrogens (tertiary/aromatic N) is 2. The molecule has 1 aromatic carbocycles. The molecule has 144 valence electrons. The summed E-state index contributed by atoms with van der Waals surface area (Å²) in [6, 6.07) is 7.66. The molecule has 26 heavy (non-hydrogen) atoms. The van der Waals surface area contributed by atoms with E-state index in [9.17, 15) is 9.59 Å². The molecule has 3 amide bonds. The molecule has 1 heterocycles. The number of hydrogen-bond donors (Lipinski definition) is 1. The van der Waals surface area contributed by atoms with Gasteiger partial charge < -0.3 is 19.9 Å². The summed E-state index contributed by atoms with van der Waals surface area (Å²) < 4.78 is 5.21. The van der Waals surface area contributed by atoms with Crippen molar-refractivity contribution < 1.29 is 14.3 Å². The van der Waals surface area contributed by atoms with Gasteiger partial charge in [-0.05, 0) is 45.4 Å². The van der Waals surface area contributed by atoms with Crippen LogP contribution >= 0.6 is 11.8 Å². The summed E-state index contributed by atoms with van der Waals surface area (Å²) in [5.74, 6) is 0.904. The summed E-state index contributed by atoms with van der Waals surface area (Å²) >= 11 is 1.63. The summed E-state index contributed by atoms with van der Waals surface area (Å²) in [6.45, 7) is 8.75. The highest BCUT2D eigenvalue weighted by molar-refractivity contribution is 8.01. The average Bonchev–Trinajstić information content (AvgIpc) is 2.86. The van der Waals surface area contributed by atoms with Crippen LogP contribution < -0.4 is 10.1 Å².